The predicted octanol–water partition coefficient (Wildman–Crippen LogP) is 6.97. The molecule has 0 bridgehead atoms. The van der Waals surface area contributed by atoms with E-state index in [-0.39, 0.29) is 11.6 Å². The number of carbonyl (C=O) groups excluding carboxylic acids is 1. The van der Waals surface area contributed by atoms with Gasteiger partial charge in [0.2, 0.25) is 0 Å². The van der Waals surface area contributed by atoms with E-state index in [4.69, 9.17) is 4.98 Å². The number of amides is 2. The maximum Gasteiger partial charge on any atom is 0.319 e. The zero-order valence-electron chi connectivity index (χ0n) is 20.1. The number of rotatable bonds is 7. The van der Waals surface area contributed by atoms with Crippen LogP contribution < -0.4 is 15.4 Å². The maximum atomic E-state index is 12.5. The van der Waals surface area contributed by atoms with E-state index < -0.39 is 0 Å². The van der Waals surface area contributed by atoms with Crippen molar-refractivity contribution >= 4 is 35.0 Å². The van der Waals surface area contributed by atoms with Crippen LogP contribution in [0.5, 0.6) is 0 Å². The molecule has 180 valence electrons. The Labute approximate surface area is 210 Å². The molecule has 0 saturated heterocycles. The molecule has 34 heavy (non-hydrogen) atoms. The summed E-state index contributed by atoms with van der Waals surface area (Å²) in [5, 5.41) is 7.12. The number of aromatic nitrogens is 2. The highest BCUT2D eigenvalue weighted by Crippen LogP contribution is 2.40. The van der Waals surface area contributed by atoms with Gasteiger partial charge in [-0.15, -0.1) is 11.3 Å². The van der Waals surface area contributed by atoms with Crippen LogP contribution in [-0.4, -0.2) is 21.5 Å². The summed E-state index contributed by atoms with van der Waals surface area (Å²) in [5.74, 6) is 0.598. The molecule has 1 aliphatic carbocycles. The lowest BCUT2D eigenvalue weighted by Gasteiger charge is -2.21. The molecule has 1 fully saturated rings. The van der Waals surface area contributed by atoms with Crippen molar-refractivity contribution in [3.63, 3.8) is 0 Å². The average Bonchev–Trinajstić information content (AvgIpc) is 3.32. The molecule has 8 heteroatoms. The van der Waals surface area contributed by atoms with Crippen LogP contribution in [0.4, 0.5) is 10.5 Å². The Kier molecular flexibility index (Phi) is 8.24. The molecule has 3 N–H and O–H groups in total. The quantitative estimate of drug-likeness (QED) is 0.309. The normalized spacial score (nSPS) is 14.7. The first-order valence-corrected chi connectivity index (χ1v) is 13.5. The third-order valence-electron chi connectivity index (χ3n) is 5.65. The molecule has 3 aromatic rings. The number of anilines is 1. The molecule has 2 amide bonds. The van der Waals surface area contributed by atoms with Crippen molar-refractivity contribution in [1.82, 2.24) is 20.0 Å². The molecule has 4 rings (SSSR count). The average molecular weight is 496 g/mol. The lowest BCUT2D eigenvalue weighted by molar-refractivity contribution is 0.251. The van der Waals surface area contributed by atoms with E-state index in [1.54, 1.807) is 24.3 Å². The summed E-state index contributed by atoms with van der Waals surface area (Å²) in [4.78, 5) is 23.5. The van der Waals surface area contributed by atoms with E-state index in [0.717, 1.165) is 21.7 Å². The zero-order chi connectivity index (χ0) is 24.0. The lowest BCUT2D eigenvalue weighted by atomic mass is 9.90. The molecule has 0 radical (unpaired) electrons. The highest BCUT2D eigenvalue weighted by molar-refractivity contribution is 7.97. The standard InChI is InChI=1S/C26H33N5OS2/c1-26(2,3)31-34-22-15-20(30-25(32)29-16-18-11-13-27-14-12-18)9-10-21(22)23-17-28-24(33-23)19-7-5-4-6-8-19/h9-15,17,19,31H,4-8,16H2,1-3H3,(H2,29,30,32). The van der Waals surface area contributed by atoms with Gasteiger partial charge in [-0.1, -0.05) is 25.3 Å². The smallest absolute Gasteiger partial charge is 0.319 e. The highest BCUT2D eigenvalue weighted by Gasteiger charge is 2.20. The van der Waals surface area contributed by atoms with Crippen LogP contribution in [0.1, 0.15) is 69.4 Å². The number of pyridine rings is 1. The van der Waals surface area contributed by atoms with Crippen molar-refractivity contribution in [1.29, 1.82) is 0 Å². The van der Waals surface area contributed by atoms with Gasteiger partial charge in [0.25, 0.3) is 0 Å². The van der Waals surface area contributed by atoms with Gasteiger partial charge in [-0.25, -0.2) is 9.78 Å². The molecule has 2 aromatic heterocycles. The SMILES string of the molecule is CC(C)(C)NSc1cc(NC(=O)NCc2ccncc2)ccc1-c1cnc(C2CCCCC2)s1. The fourth-order valence-corrected chi connectivity index (χ4v) is 5.99. The molecular weight excluding hydrogens is 462 g/mol. The fourth-order valence-electron chi connectivity index (χ4n) is 3.90. The number of benzene rings is 1. The van der Waals surface area contributed by atoms with Crippen LogP contribution in [-0.2, 0) is 6.54 Å². The van der Waals surface area contributed by atoms with Crippen molar-refractivity contribution in [2.24, 2.45) is 0 Å². The third kappa shape index (κ3) is 7.04. The van der Waals surface area contributed by atoms with Gasteiger partial charge in [-0.05, 0) is 75.4 Å². The molecule has 1 aromatic carbocycles. The summed E-state index contributed by atoms with van der Waals surface area (Å²) in [5.41, 5.74) is 2.86. The minimum absolute atomic E-state index is 0.0474. The van der Waals surface area contributed by atoms with Crippen LogP contribution >= 0.6 is 23.3 Å². The predicted molar refractivity (Wildman–Crippen MR) is 142 cm³/mol. The van der Waals surface area contributed by atoms with Crippen molar-refractivity contribution in [3.8, 4) is 10.4 Å². The van der Waals surface area contributed by atoms with Crippen LogP contribution in [0, 0.1) is 0 Å². The fraction of sp³-hybridized carbons (Fsp3) is 0.423. The first-order chi connectivity index (χ1) is 16.4. The van der Waals surface area contributed by atoms with Gasteiger partial charge in [0.05, 0.1) is 9.88 Å². The van der Waals surface area contributed by atoms with E-state index in [1.807, 2.05) is 41.8 Å². The van der Waals surface area contributed by atoms with Gasteiger partial charge in [-0.2, -0.15) is 0 Å². The molecule has 1 saturated carbocycles. The third-order valence-corrected chi connectivity index (χ3v) is 8.12. The molecule has 6 nitrogen and oxygen atoms in total. The highest BCUT2D eigenvalue weighted by atomic mass is 32.2. The minimum atomic E-state index is -0.235. The summed E-state index contributed by atoms with van der Waals surface area (Å²) in [6.45, 7) is 6.87. The molecule has 0 unspecified atom stereocenters. The maximum absolute atomic E-state index is 12.5. The Morgan fingerprint density at radius 1 is 1.12 bits per heavy atom. The monoisotopic (exact) mass is 495 g/mol. The summed E-state index contributed by atoms with van der Waals surface area (Å²) in [7, 11) is 0. The van der Waals surface area contributed by atoms with Gasteiger partial charge in [0.15, 0.2) is 0 Å². The second-order valence-corrected chi connectivity index (χ2v) is 11.6. The van der Waals surface area contributed by atoms with Crippen molar-refractivity contribution in [2.45, 2.75) is 75.8 Å². The number of hydrogen-bond acceptors (Lipinski definition) is 6. The van der Waals surface area contributed by atoms with E-state index in [1.165, 1.54) is 42.0 Å². The second-order valence-electron chi connectivity index (χ2n) is 9.73. The van der Waals surface area contributed by atoms with Crippen LogP contribution in [0.2, 0.25) is 0 Å². The summed E-state index contributed by atoms with van der Waals surface area (Å²) in [6.07, 6.45) is 11.9. The number of nitrogens with one attached hydrogen (secondary N) is 3. The molecule has 1 aliphatic rings. The van der Waals surface area contributed by atoms with Crippen molar-refractivity contribution < 1.29 is 4.79 Å². The summed E-state index contributed by atoms with van der Waals surface area (Å²) >= 11 is 3.40. The van der Waals surface area contributed by atoms with Crippen LogP contribution in [0.25, 0.3) is 10.4 Å². The lowest BCUT2D eigenvalue weighted by Crippen LogP contribution is -2.30. The van der Waals surface area contributed by atoms with Gasteiger partial charge in [0, 0.05) is 52.7 Å². The number of urea groups is 1. The molecule has 0 aliphatic heterocycles. The van der Waals surface area contributed by atoms with Gasteiger partial charge in [0.1, 0.15) is 0 Å². The Hall–Kier alpha value is -2.42. The number of hydrogen-bond donors (Lipinski definition) is 3. The van der Waals surface area contributed by atoms with Crippen LogP contribution in [0.15, 0.2) is 53.8 Å². The Morgan fingerprint density at radius 2 is 1.88 bits per heavy atom. The van der Waals surface area contributed by atoms with E-state index in [0.29, 0.717) is 12.5 Å². The van der Waals surface area contributed by atoms with Crippen molar-refractivity contribution in [3.05, 3.63) is 59.5 Å². The van der Waals surface area contributed by atoms with Crippen LogP contribution in [0.3, 0.4) is 0 Å². The number of carbonyl (C=O) groups is 1. The summed E-state index contributed by atoms with van der Waals surface area (Å²) < 4.78 is 3.51. The first kappa shape index (κ1) is 24.7. The van der Waals surface area contributed by atoms with Crippen molar-refractivity contribution in [2.75, 3.05) is 5.32 Å². The van der Waals surface area contributed by atoms with Gasteiger partial charge >= 0.3 is 6.03 Å². The summed E-state index contributed by atoms with van der Waals surface area (Å²) in [6, 6.07) is 9.62. The minimum Gasteiger partial charge on any atom is -0.334 e. The molecule has 2 heterocycles. The topological polar surface area (TPSA) is 78.9 Å². The van der Waals surface area contributed by atoms with E-state index in [9.17, 15) is 4.79 Å². The van der Waals surface area contributed by atoms with E-state index in [2.05, 4.69) is 47.2 Å². The molecular formula is C26H33N5OS2. The number of nitrogens with zero attached hydrogens (tertiary/aromatic N) is 2. The Bertz CT molecular complexity index is 1090. The largest absolute Gasteiger partial charge is 0.334 e. The molecule has 0 spiro atoms. The molecule has 0 atom stereocenters. The van der Waals surface area contributed by atoms with Gasteiger partial charge in [-0.3, -0.25) is 9.71 Å². The van der Waals surface area contributed by atoms with E-state index >= 15 is 0 Å². The Balaban J connectivity index is 1.50. The zero-order valence-corrected chi connectivity index (χ0v) is 21.7. The Morgan fingerprint density at radius 3 is 2.62 bits per heavy atom. The number of thiazole rings is 1. The second kappa shape index (κ2) is 11.3. The first-order valence-electron chi connectivity index (χ1n) is 11.9. The van der Waals surface area contributed by atoms with Gasteiger partial charge < -0.3 is 10.6 Å².